The monoisotopic (exact) mass is 454 g/mol. The third-order valence-corrected chi connectivity index (χ3v) is 4.76. The van der Waals surface area contributed by atoms with Crippen LogP contribution >= 0.6 is 15.9 Å². The second kappa shape index (κ2) is 6.88. The summed E-state index contributed by atoms with van der Waals surface area (Å²) in [5.74, 6) is -2.07. The Balaban J connectivity index is 2.34. The molecular formula is C19H21BrF2N4O2. The molecule has 0 unspecified atom stereocenters. The molecule has 1 aromatic carbocycles. The van der Waals surface area contributed by atoms with Crippen LogP contribution in [0.4, 0.5) is 25.0 Å². The van der Waals surface area contributed by atoms with Crippen LogP contribution in [-0.2, 0) is 4.74 Å². The van der Waals surface area contributed by atoms with E-state index in [0.29, 0.717) is 21.2 Å². The summed E-state index contributed by atoms with van der Waals surface area (Å²) >= 11 is 3.42. The van der Waals surface area contributed by atoms with E-state index in [2.05, 4.69) is 25.9 Å². The second-order valence-corrected chi connectivity index (χ2v) is 8.53. The minimum atomic E-state index is -1.07. The predicted octanol–water partition coefficient (Wildman–Crippen LogP) is 5.19. The van der Waals surface area contributed by atoms with Crippen molar-refractivity contribution in [3.8, 4) is 0 Å². The Morgan fingerprint density at radius 3 is 2.43 bits per heavy atom. The van der Waals surface area contributed by atoms with Crippen LogP contribution in [0.25, 0.3) is 21.9 Å². The molecule has 0 atom stereocenters. The van der Waals surface area contributed by atoms with Gasteiger partial charge in [0.1, 0.15) is 11.2 Å². The Morgan fingerprint density at radius 2 is 1.86 bits per heavy atom. The van der Waals surface area contributed by atoms with Crippen molar-refractivity contribution in [2.45, 2.75) is 26.4 Å². The SMILES string of the molecule is CN(C)c1c(Br)cnc2[nH]c3c(N(C)C(=O)OC(C)(C)C)cc(F)c(F)c3c12. The molecule has 0 saturated heterocycles. The van der Waals surface area contributed by atoms with Crippen LogP contribution < -0.4 is 9.80 Å². The first-order valence-electron chi connectivity index (χ1n) is 8.54. The van der Waals surface area contributed by atoms with Crippen LogP contribution in [0.15, 0.2) is 16.7 Å². The summed E-state index contributed by atoms with van der Waals surface area (Å²) in [6, 6.07) is 0.974. The van der Waals surface area contributed by atoms with Gasteiger partial charge < -0.3 is 14.6 Å². The molecule has 1 N–H and O–H groups in total. The number of aromatic nitrogens is 2. The van der Waals surface area contributed by atoms with Crippen molar-refractivity contribution in [1.82, 2.24) is 9.97 Å². The zero-order chi connectivity index (χ0) is 21.0. The number of hydrogen-bond acceptors (Lipinski definition) is 4. The van der Waals surface area contributed by atoms with E-state index in [0.717, 1.165) is 11.0 Å². The molecule has 6 nitrogen and oxygen atoms in total. The van der Waals surface area contributed by atoms with Crippen molar-refractivity contribution in [2.75, 3.05) is 30.9 Å². The maximum atomic E-state index is 14.9. The highest BCUT2D eigenvalue weighted by atomic mass is 79.9. The Bertz CT molecular complexity index is 1090. The number of nitrogens with one attached hydrogen (secondary N) is 1. The number of rotatable bonds is 2. The fourth-order valence-corrected chi connectivity index (χ4v) is 3.69. The molecule has 150 valence electrons. The predicted molar refractivity (Wildman–Crippen MR) is 110 cm³/mol. The lowest BCUT2D eigenvalue weighted by molar-refractivity contribution is 0.0589. The minimum Gasteiger partial charge on any atom is -0.443 e. The minimum absolute atomic E-state index is 0.0258. The molecule has 0 radical (unpaired) electrons. The molecule has 0 aliphatic rings. The van der Waals surface area contributed by atoms with Gasteiger partial charge in [0.05, 0.1) is 32.1 Å². The number of halogens is 3. The number of H-pyrrole nitrogens is 1. The molecular weight excluding hydrogens is 434 g/mol. The van der Waals surface area contributed by atoms with Crippen LogP contribution in [0.2, 0.25) is 0 Å². The molecule has 0 saturated carbocycles. The number of anilines is 2. The summed E-state index contributed by atoms with van der Waals surface area (Å²) in [6.45, 7) is 5.19. The van der Waals surface area contributed by atoms with Gasteiger partial charge in [-0.3, -0.25) is 4.90 Å². The van der Waals surface area contributed by atoms with Crippen molar-refractivity contribution in [2.24, 2.45) is 0 Å². The fourth-order valence-electron chi connectivity index (χ4n) is 3.03. The van der Waals surface area contributed by atoms with E-state index in [9.17, 15) is 13.6 Å². The van der Waals surface area contributed by atoms with Gasteiger partial charge in [-0.25, -0.2) is 18.6 Å². The summed E-state index contributed by atoms with van der Waals surface area (Å²) in [4.78, 5) is 22.7. The zero-order valence-electron chi connectivity index (χ0n) is 16.4. The van der Waals surface area contributed by atoms with Gasteiger partial charge in [0.25, 0.3) is 0 Å². The first kappa shape index (κ1) is 20.3. The molecule has 28 heavy (non-hydrogen) atoms. The Kier molecular flexibility index (Phi) is 4.99. The largest absolute Gasteiger partial charge is 0.443 e. The highest BCUT2D eigenvalue weighted by molar-refractivity contribution is 9.10. The molecule has 0 spiro atoms. The molecule has 0 bridgehead atoms. The third kappa shape index (κ3) is 3.39. The van der Waals surface area contributed by atoms with Gasteiger partial charge in [0.2, 0.25) is 0 Å². The van der Waals surface area contributed by atoms with Gasteiger partial charge in [0, 0.05) is 33.4 Å². The van der Waals surface area contributed by atoms with Crippen molar-refractivity contribution < 1.29 is 18.3 Å². The van der Waals surface area contributed by atoms with E-state index in [-0.39, 0.29) is 16.6 Å². The van der Waals surface area contributed by atoms with Crippen molar-refractivity contribution in [3.05, 3.63) is 28.4 Å². The molecule has 3 aromatic rings. The highest BCUT2D eigenvalue weighted by Crippen LogP contribution is 2.41. The van der Waals surface area contributed by atoms with Crippen LogP contribution in [0.3, 0.4) is 0 Å². The average Bonchev–Trinajstić information content (AvgIpc) is 2.95. The molecule has 2 heterocycles. The van der Waals surface area contributed by atoms with Gasteiger partial charge in [-0.1, -0.05) is 0 Å². The second-order valence-electron chi connectivity index (χ2n) is 7.68. The summed E-state index contributed by atoms with van der Waals surface area (Å²) in [5.41, 5.74) is 0.711. The van der Waals surface area contributed by atoms with Gasteiger partial charge >= 0.3 is 6.09 Å². The number of carbonyl (C=O) groups is 1. The summed E-state index contributed by atoms with van der Waals surface area (Å²) in [6.07, 6.45) is 0.902. The number of hydrogen-bond donors (Lipinski definition) is 1. The van der Waals surface area contributed by atoms with Crippen molar-refractivity contribution in [1.29, 1.82) is 0 Å². The smallest absolute Gasteiger partial charge is 0.414 e. The number of carbonyl (C=O) groups excluding carboxylic acids is 1. The Labute approximate surface area is 169 Å². The zero-order valence-corrected chi connectivity index (χ0v) is 18.0. The molecule has 2 aromatic heterocycles. The maximum Gasteiger partial charge on any atom is 0.414 e. The number of aromatic amines is 1. The van der Waals surface area contributed by atoms with E-state index in [1.54, 1.807) is 46.0 Å². The van der Waals surface area contributed by atoms with Crippen LogP contribution in [-0.4, -0.2) is 42.8 Å². The van der Waals surface area contributed by atoms with Gasteiger partial charge in [-0.15, -0.1) is 0 Å². The number of amides is 1. The number of nitrogens with zero attached hydrogens (tertiary/aromatic N) is 3. The van der Waals surface area contributed by atoms with Crippen molar-refractivity contribution in [3.63, 3.8) is 0 Å². The number of pyridine rings is 1. The number of ether oxygens (including phenoxy) is 1. The quantitative estimate of drug-likeness (QED) is 0.578. The van der Waals surface area contributed by atoms with E-state index < -0.39 is 23.3 Å². The van der Waals surface area contributed by atoms with Gasteiger partial charge in [0.15, 0.2) is 11.6 Å². The lowest BCUT2D eigenvalue weighted by Crippen LogP contribution is -2.34. The van der Waals surface area contributed by atoms with Gasteiger partial charge in [-0.2, -0.15) is 0 Å². The maximum absolute atomic E-state index is 14.9. The standard InChI is InChI=1S/C19H21BrF2N4O2/c1-19(2,3)28-18(27)26(6)11-7-10(21)14(22)12-13-16(25(4)5)9(20)8-23-17(13)24-15(11)12/h7-8H,1-6H3,(H,23,24). The lowest BCUT2D eigenvalue weighted by atomic mass is 10.1. The number of benzene rings is 1. The van der Waals surface area contributed by atoms with Crippen LogP contribution in [0.5, 0.6) is 0 Å². The molecule has 0 aliphatic carbocycles. The molecule has 9 heteroatoms. The fraction of sp³-hybridized carbons (Fsp3) is 0.368. The first-order chi connectivity index (χ1) is 12.9. The summed E-state index contributed by atoms with van der Waals surface area (Å²) in [5, 5.41) is 0.447. The van der Waals surface area contributed by atoms with Crippen LogP contribution in [0, 0.1) is 11.6 Å². The average molecular weight is 455 g/mol. The third-order valence-electron chi connectivity index (χ3n) is 4.17. The lowest BCUT2D eigenvalue weighted by Gasteiger charge is -2.25. The van der Waals surface area contributed by atoms with Gasteiger partial charge in [-0.05, 0) is 36.7 Å². The first-order valence-corrected chi connectivity index (χ1v) is 9.33. The molecule has 1 amide bonds. The molecule has 0 fully saturated rings. The van der Waals surface area contributed by atoms with E-state index in [1.807, 2.05) is 0 Å². The summed E-state index contributed by atoms with van der Waals surface area (Å²) < 4.78 is 35.3. The topological polar surface area (TPSA) is 61.5 Å². The van der Waals surface area contributed by atoms with E-state index in [1.165, 1.54) is 7.05 Å². The van der Waals surface area contributed by atoms with E-state index in [4.69, 9.17) is 4.74 Å². The summed E-state index contributed by atoms with van der Waals surface area (Å²) in [7, 11) is 5.04. The Hall–Kier alpha value is -2.42. The van der Waals surface area contributed by atoms with Crippen molar-refractivity contribution >= 4 is 55.3 Å². The van der Waals surface area contributed by atoms with E-state index >= 15 is 0 Å². The molecule has 0 aliphatic heterocycles. The number of fused-ring (bicyclic) bond motifs is 3. The Morgan fingerprint density at radius 1 is 1.21 bits per heavy atom. The molecule has 3 rings (SSSR count). The highest BCUT2D eigenvalue weighted by Gasteiger charge is 2.27. The van der Waals surface area contributed by atoms with Crippen LogP contribution in [0.1, 0.15) is 20.8 Å². The normalized spacial score (nSPS) is 11.9.